The van der Waals surface area contributed by atoms with Crippen LogP contribution in [0.3, 0.4) is 0 Å². The molecule has 13 heteroatoms. The Morgan fingerprint density at radius 2 is 1.43 bits per heavy atom. The molecule has 0 aliphatic carbocycles. The molecule has 2 aromatic rings. The lowest BCUT2D eigenvalue weighted by Gasteiger charge is -2.30. The average molecular weight is 263 g/mol. The highest BCUT2D eigenvalue weighted by Gasteiger charge is 2.27. The van der Waals surface area contributed by atoms with Gasteiger partial charge in [-0.1, -0.05) is 10.5 Å². The van der Waals surface area contributed by atoms with Crippen molar-refractivity contribution in [3.63, 3.8) is 0 Å². The molecular weight excluding hydrogens is 260 g/mol. The Balaban J connectivity index is 3.21. The number of hydrogen-bond donors (Lipinski definition) is 0. The van der Waals surface area contributed by atoms with Crippen molar-refractivity contribution in [3.8, 4) is 0 Å². The quantitative estimate of drug-likeness (QED) is 0.509. The van der Waals surface area contributed by atoms with E-state index in [2.05, 4.69) is 4.98 Å². The molecule has 0 saturated carbocycles. The third kappa shape index (κ3) is 2.36. The van der Waals surface area contributed by atoms with Gasteiger partial charge in [0.05, 0.1) is 52.8 Å². The monoisotopic (exact) mass is 264 g/mol. The third-order valence-electron chi connectivity index (χ3n) is 2.89. The van der Waals surface area contributed by atoms with E-state index in [9.17, 15) is 9.59 Å². The van der Waals surface area contributed by atoms with E-state index in [0.717, 1.165) is 0 Å². The van der Waals surface area contributed by atoms with Gasteiger partial charge in [0.25, 0.3) is 5.56 Å². The van der Waals surface area contributed by atoms with E-state index < -0.39 is 21.7 Å². The lowest BCUT2D eigenvalue weighted by Crippen LogP contribution is -2.57. The number of aromatic nitrogens is 4. The average Bonchev–Trinajstić information content (AvgIpc) is 2.50. The first-order valence-corrected chi connectivity index (χ1v) is 5.61. The number of fused-ring (bicyclic) bond motifs is 1. The van der Waals surface area contributed by atoms with Crippen LogP contribution in [0.5, 0.6) is 0 Å². The fourth-order valence-corrected chi connectivity index (χ4v) is 1.97. The second-order valence-corrected chi connectivity index (χ2v) is 4.73. The molecule has 0 atom stereocenters. The van der Waals surface area contributed by atoms with Gasteiger partial charge in [0.2, 0.25) is 0 Å². The van der Waals surface area contributed by atoms with Gasteiger partial charge >= 0.3 is 5.69 Å². The predicted molar refractivity (Wildman–Crippen MR) is 85.1 cm³/mol. The summed E-state index contributed by atoms with van der Waals surface area (Å²) >= 11 is 0. The topological polar surface area (TPSA) is 61.8 Å². The van der Waals surface area contributed by atoms with E-state index in [1.807, 2.05) is 0 Å². The summed E-state index contributed by atoms with van der Waals surface area (Å²) in [5.74, 6) is 0. The van der Waals surface area contributed by atoms with Crippen molar-refractivity contribution in [2.24, 2.45) is 7.05 Å². The van der Waals surface area contributed by atoms with Gasteiger partial charge in [-0.2, -0.15) is 0 Å². The van der Waals surface area contributed by atoms with Gasteiger partial charge < -0.3 is 4.57 Å². The SMILES string of the molecule is [B]c1nc2c(c(=O)n(C([B])([B])[B])c(=O)n2C([B])([B])[B])n1C. The second-order valence-electron chi connectivity index (χ2n) is 4.73. The summed E-state index contributed by atoms with van der Waals surface area (Å²) in [4.78, 5) is 28.6. The van der Waals surface area contributed by atoms with Crippen LogP contribution in [-0.4, -0.2) is 73.6 Å². The summed E-state index contributed by atoms with van der Waals surface area (Å²) in [6, 6.07) is 0. The van der Waals surface area contributed by atoms with Crippen LogP contribution in [0.15, 0.2) is 9.59 Å². The molecule has 0 unspecified atom stereocenters. The molecule has 6 nitrogen and oxygen atoms in total. The molecule has 21 heavy (non-hydrogen) atoms. The van der Waals surface area contributed by atoms with Crippen molar-refractivity contribution in [2.45, 2.75) is 10.5 Å². The molecule has 0 aromatic carbocycles. The Bertz CT molecular complexity index is 838. The molecule has 88 valence electrons. The molecular formula is C8H3B7N4O2. The van der Waals surface area contributed by atoms with Crippen LogP contribution in [0.25, 0.3) is 11.2 Å². The van der Waals surface area contributed by atoms with Crippen LogP contribution in [0.2, 0.25) is 0 Å². The number of aryl methyl sites for hydroxylation is 1. The Morgan fingerprint density at radius 3 is 1.86 bits per heavy atom. The van der Waals surface area contributed by atoms with Crippen molar-refractivity contribution < 1.29 is 0 Å². The van der Waals surface area contributed by atoms with Gasteiger partial charge in [-0.15, -0.1) is 0 Å². The molecule has 0 saturated heterocycles. The molecule has 0 spiro atoms. The first-order valence-electron chi connectivity index (χ1n) is 5.61. The van der Waals surface area contributed by atoms with Gasteiger partial charge in [0.15, 0.2) is 19.0 Å². The van der Waals surface area contributed by atoms with Crippen LogP contribution in [0.1, 0.15) is 0 Å². The minimum absolute atomic E-state index is 0.0751. The molecule has 0 N–H and O–H groups in total. The maximum atomic E-state index is 12.4. The molecule has 2 aromatic heterocycles. The predicted octanol–water partition coefficient (Wildman–Crippen LogP) is -5.16. The first-order chi connectivity index (χ1) is 9.37. The maximum absolute atomic E-state index is 12.4. The zero-order valence-corrected chi connectivity index (χ0v) is 11.1. The molecule has 0 bridgehead atoms. The highest BCUT2D eigenvalue weighted by molar-refractivity contribution is 6.57. The molecule has 2 rings (SSSR count). The molecule has 14 radical (unpaired) electrons. The minimum Gasteiger partial charge on any atom is -0.335 e. The summed E-state index contributed by atoms with van der Waals surface area (Å²) in [5, 5.41) is -4.48. The third-order valence-corrected chi connectivity index (χ3v) is 2.89. The van der Waals surface area contributed by atoms with Gasteiger partial charge in [-0.3, -0.25) is 13.9 Å². The zero-order valence-electron chi connectivity index (χ0n) is 11.1. The first kappa shape index (κ1) is 16.0. The van der Waals surface area contributed by atoms with Crippen LogP contribution in [0, 0.1) is 0 Å². The summed E-state index contributed by atoms with van der Waals surface area (Å²) in [6.07, 6.45) is 0. The summed E-state index contributed by atoms with van der Waals surface area (Å²) in [7, 11) is 40.0. The Labute approximate surface area is 129 Å². The zero-order chi connectivity index (χ0) is 16.3. The number of imidazole rings is 1. The van der Waals surface area contributed by atoms with E-state index in [4.69, 9.17) is 54.9 Å². The number of nitrogens with zero attached hydrogens (tertiary/aromatic N) is 4. The Kier molecular flexibility index (Phi) is 3.46. The molecule has 0 amide bonds. The van der Waals surface area contributed by atoms with E-state index in [1.165, 1.54) is 11.6 Å². The molecule has 0 fully saturated rings. The molecule has 0 aliphatic heterocycles. The van der Waals surface area contributed by atoms with Crippen molar-refractivity contribution in [1.82, 2.24) is 18.7 Å². The van der Waals surface area contributed by atoms with Gasteiger partial charge in [0.1, 0.15) is 0 Å². The van der Waals surface area contributed by atoms with Crippen LogP contribution < -0.4 is 17.0 Å². The lowest BCUT2D eigenvalue weighted by molar-refractivity contribution is 0.612. The highest BCUT2D eigenvalue weighted by atomic mass is 16.2. The van der Waals surface area contributed by atoms with Crippen LogP contribution in [0.4, 0.5) is 0 Å². The molecule has 0 aliphatic rings. The minimum atomic E-state index is -2.30. The lowest BCUT2D eigenvalue weighted by atomic mass is 9.48. The highest BCUT2D eigenvalue weighted by Crippen LogP contribution is 2.10. The summed E-state index contributed by atoms with van der Waals surface area (Å²) in [6.45, 7) is 0. The maximum Gasteiger partial charge on any atom is 0.329 e. The van der Waals surface area contributed by atoms with E-state index in [-0.39, 0.29) is 16.9 Å². The summed E-state index contributed by atoms with van der Waals surface area (Å²) < 4.78 is 2.18. The Hall–Kier alpha value is -1.40. The van der Waals surface area contributed by atoms with E-state index in [0.29, 0.717) is 9.13 Å². The van der Waals surface area contributed by atoms with Crippen LogP contribution >= 0.6 is 0 Å². The van der Waals surface area contributed by atoms with Crippen LogP contribution in [-0.2, 0) is 17.5 Å². The van der Waals surface area contributed by atoms with Crippen molar-refractivity contribution >= 4 is 71.8 Å². The molecule has 2 heterocycles. The van der Waals surface area contributed by atoms with E-state index >= 15 is 0 Å². The van der Waals surface area contributed by atoms with Crippen molar-refractivity contribution in [3.05, 3.63) is 20.8 Å². The fourth-order valence-electron chi connectivity index (χ4n) is 1.97. The van der Waals surface area contributed by atoms with Gasteiger partial charge in [-0.05, 0) is 0 Å². The van der Waals surface area contributed by atoms with Crippen molar-refractivity contribution in [2.75, 3.05) is 0 Å². The van der Waals surface area contributed by atoms with E-state index in [1.54, 1.807) is 0 Å². The van der Waals surface area contributed by atoms with Gasteiger partial charge in [0, 0.05) is 7.05 Å². The number of hydrogen-bond acceptors (Lipinski definition) is 3. The smallest absolute Gasteiger partial charge is 0.329 e. The summed E-state index contributed by atoms with van der Waals surface area (Å²) in [5.41, 5.74) is -2.45. The Morgan fingerprint density at radius 1 is 0.952 bits per heavy atom. The van der Waals surface area contributed by atoms with Gasteiger partial charge in [-0.25, -0.2) is 9.78 Å². The standard InChI is InChI=1S/C8H3B7N4O2/c1-17-2-3(16-5(17)9)18(7(10,11)12)6(21)19(4(2)20)8(13,14)15/h1H3. The normalized spacial score (nSPS) is 12.8. The van der Waals surface area contributed by atoms with Crippen molar-refractivity contribution in [1.29, 1.82) is 0 Å². The second kappa shape index (κ2) is 4.55. The largest absolute Gasteiger partial charge is 0.335 e. The number of rotatable bonds is 2. The fraction of sp³-hybridized carbons (Fsp3) is 0.375.